The van der Waals surface area contributed by atoms with Crippen molar-refractivity contribution in [3.05, 3.63) is 29.8 Å². The van der Waals surface area contributed by atoms with Gasteiger partial charge in [-0.15, -0.1) is 11.6 Å². The number of ether oxygens (including phenoxy) is 1. The third kappa shape index (κ3) is 2.50. The Morgan fingerprint density at radius 3 is 2.83 bits per heavy atom. The predicted molar refractivity (Wildman–Crippen MR) is 74.5 cm³/mol. The smallest absolute Gasteiger partial charge is 0.122 e. The average Bonchev–Trinajstić information content (AvgIpc) is 2.71. The molecule has 0 spiro atoms. The molecule has 1 atom stereocenters. The lowest BCUT2D eigenvalue weighted by Gasteiger charge is -2.34. The summed E-state index contributed by atoms with van der Waals surface area (Å²) in [7, 11) is 2.21. The van der Waals surface area contributed by atoms with Crippen LogP contribution in [0.4, 0.5) is 0 Å². The third-order valence-electron chi connectivity index (χ3n) is 4.08. The first-order chi connectivity index (χ1) is 8.72. The number of hydrogen-bond acceptors (Lipinski definition) is 2. The van der Waals surface area contributed by atoms with Crippen LogP contribution in [0.2, 0.25) is 0 Å². The minimum Gasteiger partial charge on any atom is -0.493 e. The summed E-state index contributed by atoms with van der Waals surface area (Å²) in [4.78, 5) is 2.43. The fourth-order valence-corrected chi connectivity index (χ4v) is 3.58. The number of alkyl halides is 1. The van der Waals surface area contributed by atoms with E-state index in [4.69, 9.17) is 16.3 Å². The number of rotatable bonds is 4. The van der Waals surface area contributed by atoms with E-state index in [2.05, 4.69) is 30.1 Å². The number of benzene rings is 1. The highest BCUT2D eigenvalue weighted by Gasteiger charge is 2.30. The second-order valence-corrected chi connectivity index (χ2v) is 6.32. The van der Waals surface area contributed by atoms with Gasteiger partial charge in [0.2, 0.25) is 0 Å². The third-order valence-corrected chi connectivity index (χ3v) is 4.44. The number of hydrogen-bond donors (Lipinski definition) is 0. The summed E-state index contributed by atoms with van der Waals surface area (Å²) in [6.45, 7) is 3.08. The van der Waals surface area contributed by atoms with Gasteiger partial charge in [-0.3, -0.25) is 0 Å². The summed E-state index contributed by atoms with van der Waals surface area (Å²) in [5, 5.41) is 0.430. The van der Waals surface area contributed by atoms with E-state index < -0.39 is 0 Å². The quantitative estimate of drug-likeness (QED) is 0.776. The SMILES string of the molecule is CN(CC1CC(Cl)C1)CC1COc2ccccc21. The Morgan fingerprint density at radius 1 is 1.28 bits per heavy atom. The van der Waals surface area contributed by atoms with Crippen molar-refractivity contribution in [2.45, 2.75) is 24.1 Å². The fourth-order valence-electron chi connectivity index (χ4n) is 3.08. The van der Waals surface area contributed by atoms with E-state index in [0.29, 0.717) is 11.3 Å². The van der Waals surface area contributed by atoms with E-state index in [1.54, 1.807) is 0 Å². The van der Waals surface area contributed by atoms with Crippen LogP contribution in [0.3, 0.4) is 0 Å². The summed E-state index contributed by atoms with van der Waals surface area (Å²) in [5.41, 5.74) is 1.37. The molecule has 3 heteroatoms. The molecule has 2 nitrogen and oxygen atoms in total. The largest absolute Gasteiger partial charge is 0.493 e. The molecule has 2 aliphatic rings. The lowest BCUT2D eigenvalue weighted by Crippen LogP contribution is -2.36. The summed E-state index contributed by atoms with van der Waals surface area (Å²) >= 11 is 6.03. The highest BCUT2D eigenvalue weighted by molar-refractivity contribution is 6.21. The monoisotopic (exact) mass is 265 g/mol. The summed E-state index contributed by atoms with van der Waals surface area (Å²) in [6.07, 6.45) is 2.37. The van der Waals surface area contributed by atoms with Crippen LogP contribution in [0.15, 0.2) is 24.3 Å². The molecule has 1 aromatic rings. The molecular weight excluding hydrogens is 246 g/mol. The molecule has 1 aromatic carbocycles. The molecule has 3 rings (SSSR count). The number of halogens is 1. The van der Waals surface area contributed by atoms with Crippen molar-refractivity contribution in [2.75, 3.05) is 26.7 Å². The number of likely N-dealkylation sites (N-methyl/N-ethyl adjacent to an activating group) is 1. The molecule has 0 aromatic heterocycles. The lowest BCUT2D eigenvalue weighted by atomic mass is 9.84. The first-order valence-corrected chi connectivity index (χ1v) is 7.20. The Hall–Kier alpha value is -0.730. The molecule has 1 aliphatic carbocycles. The van der Waals surface area contributed by atoms with Crippen LogP contribution < -0.4 is 4.74 Å². The van der Waals surface area contributed by atoms with Gasteiger partial charge >= 0.3 is 0 Å². The van der Waals surface area contributed by atoms with E-state index in [9.17, 15) is 0 Å². The second-order valence-electron chi connectivity index (χ2n) is 5.70. The molecule has 0 amide bonds. The lowest BCUT2D eigenvalue weighted by molar-refractivity contribution is 0.193. The first kappa shape index (κ1) is 12.3. The van der Waals surface area contributed by atoms with Gasteiger partial charge in [0.05, 0.1) is 6.61 Å². The molecule has 18 heavy (non-hydrogen) atoms. The van der Waals surface area contributed by atoms with Crippen molar-refractivity contribution in [1.29, 1.82) is 0 Å². The van der Waals surface area contributed by atoms with E-state index >= 15 is 0 Å². The zero-order valence-electron chi connectivity index (χ0n) is 10.8. The molecule has 98 valence electrons. The molecule has 1 heterocycles. The molecule has 1 fully saturated rings. The van der Waals surface area contributed by atoms with Crippen molar-refractivity contribution in [3.8, 4) is 5.75 Å². The van der Waals surface area contributed by atoms with Crippen LogP contribution in [0.1, 0.15) is 24.3 Å². The maximum absolute atomic E-state index is 6.03. The van der Waals surface area contributed by atoms with Gasteiger partial charge in [0.15, 0.2) is 0 Å². The minimum absolute atomic E-state index is 0.430. The summed E-state index contributed by atoms with van der Waals surface area (Å²) in [6, 6.07) is 8.41. The highest BCUT2D eigenvalue weighted by Crippen LogP contribution is 2.35. The van der Waals surface area contributed by atoms with Gasteiger partial charge in [-0.05, 0) is 31.9 Å². The Kier molecular flexibility index (Phi) is 3.49. The molecule has 1 saturated carbocycles. The van der Waals surface area contributed by atoms with Gasteiger partial charge in [0, 0.05) is 29.9 Å². The molecule has 1 aliphatic heterocycles. The molecule has 0 bridgehead atoms. The van der Waals surface area contributed by atoms with E-state index in [1.165, 1.54) is 24.9 Å². The zero-order chi connectivity index (χ0) is 12.5. The van der Waals surface area contributed by atoms with Crippen LogP contribution in [-0.4, -0.2) is 37.0 Å². The summed E-state index contributed by atoms with van der Waals surface area (Å²) in [5.74, 6) is 2.40. The van der Waals surface area contributed by atoms with Crippen LogP contribution in [0.25, 0.3) is 0 Å². The van der Waals surface area contributed by atoms with Gasteiger partial charge in [-0.1, -0.05) is 18.2 Å². The normalized spacial score (nSPS) is 29.8. The zero-order valence-corrected chi connectivity index (χ0v) is 11.6. The van der Waals surface area contributed by atoms with Crippen molar-refractivity contribution < 1.29 is 4.74 Å². The predicted octanol–water partition coefficient (Wildman–Crippen LogP) is 3.11. The number of para-hydroxylation sites is 1. The van der Waals surface area contributed by atoms with Crippen LogP contribution in [-0.2, 0) is 0 Å². The van der Waals surface area contributed by atoms with Gasteiger partial charge in [-0.25, -0.2) is 0 Å². The van der Waals surface area contributed by atoms with Crippen molar-refractivity contribution in [2.24, 2.45) is 5.92 Å². The van der Waals surface area contributed by atoms with Gasteiger partial charge in [0.25, 0.3) is 0 Å². The Labute approximate surface area is 114 Å². The van der Waals surface area contributed by atoms with E-state index in [0.717, 1.165) is 24.8 Å². The Bertz CT molecular complexity index is 417. The van der Waals surface area contributed by atoms with Crippen LogP contribution in [0, 0.1) is 5.92 Å². The van der Waals surface area contributed by atoms with Gasteiger partial charge in [0.1, 0.15) is 5.75 Å². The van der Waals surface area contributed by atoms with Crippen LogP contribution >= 0.6 is 11.6 Å². The maximum Gasteiger partial charge on any atom is 0.122 e. The average molecular weight is 266 g/mol. The Balaban J connectivity index is 1.54. The maximum atomic E-state index is 6.03. The highest BCUT2D eigenvalue weighted by atomic mass is 35.5. The molecule has 0 saturated heterocycles. The van der Waals surface area contributed by atoms with Crippen molar-refractivity contribution >= 4 is 11.6 Å². The summed E-state index contributed by atoms with van der Waals surface area (Å²) < 4.78 is 5.73. The Morgan fingerprint density at radius 2 is 2.06 bits per heavy atom. The molecule has 1 unspecified atom stereocenters. The molecule has 0 N–H and O–H groups in total. The first-order valence-electron chi connectivity index (χ1n) is 6.76. The van der Waals surface area contributed by atoms with Gasteiger partial charge in [-0.2, -0.15) is 0 Å². The van der Waals surface area contributed by atoms with Gasteiger partial charge < -0.3 is 9.64 Å². The standard InChI is InChI=1S/C15H20ClNO/c1-17(8-11-6-13(16)7-11)9-12-10-18-15-5-3-2-4-14(12)15/h2-5,11-13H,6-10H2,1H3. The minimum atomic E-state index is 0.430. The molecular formula is C15H20ClNO. The number of fused-ring (bicyclic) bond motifs is 1. The van der Waals surface area contributed by atoms with Crippen LogP contribution in [0.5, 0.6) is 5.75 Å². The van der Waals surface area contributed by atoms with E-state index in [-0.39, 0.29) is 0 Å². The topological polar surface area (TPSA) is 12.5 Å². The second kappa shape index (κ2) is 5.10. The van der Waals surface area contributed by atoms with E-state index in [1.807, 2.05) is 6.07 Å². The van der Waals surface area contributed by atoms with Crippen molar-refractivity contribution in [1.82, 2.24) is 4.90 Å². The number of nitrogens with zero attached hydrogens (tertiary/aromatic N) is 1. The molecule has 0 radical (unpaired) electrons. The van der Waals surface area contributed by atoms with Crippen molar-refractivity contribution in [3.63, 3.8) is 0 Å². The fraction of sp³-hybridized carbons (Fsp3) is 0.600.